The Hall–Kier alpha value is -2.77. The lowest BCUT2D eigenvalue weighted by molar-refractivity contribution is -0.115. The molecule has 0 spiro atoms. The van der Waals surface area contributed by atoms with E-state index in [0.29, 0.717) is 28.8 Å². The van der Waals surface area contributed by atoms with Gasteiger partial charge in [-0.2, -0.15) is 10.4 Å². The zero-order valence-corrected chi connectivity index (χ0v) is 18.9. The molecule has 8 nitrogen and oxygen atoms in total. The number of thioether (sulfide) groups is 2. The molecule has 2 heterocycles. The first kappa shape index (κ1) is 21.9. The number of nitriles is 1. The number of aryl methyl sites for hydroxylation is 2. The van der Waals surface area contributed by atoms with E-state index < -0.39 is 5.25 Å². The monoisotopic (exact) mass is 441 g/mol. The van der Waals surface area contributed by atoms with Crippen LogP contribution in [-0.2, 0) is 24.1 Å². The third-order valence-electron chi connectivity index (χ3n) is 4.45. The smallest absolute Gasteiger partial charge is 0.238 e. The lowest BCUT2D eigenvalue weighted by Gasteiger charge is -2.13. The van der Waals surface area contributed by atoms with Crippen LogP contribution in [0.1, 0.15) is 30.8 Å². The standard InChI is InChI=1S/C20H23N7OS2/c1-5-27-17(12-29-16-8-6-13(2)7-9-16)24-25-20(27)30-14(3)19(28)23-18-15(10-21)11-22-26(18)4/h6-9,11,14H,5,12H2,1-4H3,(H,23,28). The molecule has 1 aromatic carbocycles. The highest BCUT2D eigenvalue weighted by Gasteiger charge is 2.22. The molecule has 3 aromatic rings. The maximum absolute atomic E-state index is 12.6. The number of hydrogen-bond acceptors (Lipinski definition) is 7. The number of nitrogens with one attached hydrogen (secondary N) is 1. The molecule has 0 fully saturated rings. The van der Waals surface area contributed by atoms with Crippen LogP contribution in [0, 0.1) is 18.3 Å². The number of anilines is 1. The summed E-state index contributed by atoms with van der Waals surface area (Å²) in [4.78, 5) is 13.8. The van der Waals surface area contributed by atoms with Gasteiger partial charge in [0.05, 0.1) is 17.2 Å². The van der Waals surface area contributed by atoms with Gasteiger partial charge < -0.3 is 9.88 Å². The summed E-state index contributed by atoms with van der Waals surface area (Å²) in [6.07, 6.45) is 1.43. The highest BCUT2D eigenvalue weighted by molar-refractivity contribution is 8.00. The summed E-state index contributed by atoms with van der Waals surface area (Å²) < 4.78 is 3.50. The molecule has 0 saturated heterocycles. The van der Waals surface area contributed by atoms with Gasteiger partial charge in [-0.3, -0.25) is 9.48 Å². The molecular formula is C20H23N7OS2. The fourth-order valence-electron chi connectivity index (χ4n) is 2.71. The summed E-state index contributed by atoms with van der Waals surface area (Å²) in [5.41, 5.74) is 1.56. The van der Waals surface area contributed by atoms with Gasteiger partial charge in [0.2, 0.25) is 5.91 Å². The molecule has 1 atom stereocenters. The van der Waals surface area contributed by atoms with Crippen molar-refractivity contribution in [3.05, 3.63) is 47.4 Å². The molecule has 1 amide bonds. The second kappa shape index (κ2) is 9.82. The van der Waals surface area contributed by atoms with Crippen LogP contribution < -0.4 is 5.32 Å². The molecule has 0 aliphatic carbocycles. The fourth-order valence-corrected chi connectivity index (χ4v) is 4.48. The lowest BCUT2D eigenvalue weighted by Crippen LogP contribution is -2.24. The maximum atomic E-state index is 12.6. The molecule has 0 radical (unpaired) electrons. The van der Waals surface area contributed by atoms with Gasteiger partial charge in [-0.15, -0.1) is 22.0 Å². The number of rotatable bonds is 8. The van der Waals surface area contributed by atoms with E-state index in [1.165, 1.54) is 33.1 Å². The molecular weight excluding hydrogens is 418 g/mol. The van der Waals surface area contributed by atoms with E-state index >= 15 is 0 Å². The summed E-state index contributed by atoms with van der Waals surface area (Å²) in [5.74, 6) is 1.74. The number of nitrogens with zero attached hydrogens (tertiary/aromatic N) is 6. The van der Waals surface area contributed by atoms with Crippen molar-refractivity contribution in [2.75, 3.05) is 5.32 Å². The molecule has 3 rings (SSSR count). The first-order chi connectivity index (χ1) is 14.4. The number of amides is 1. The van der Waals surface area contributed by atoms with Gasteiger partial charge in [-0.25, -0.2) is 0 Å². The second-order valence-corrected chi connectivity index (χ2v) is 8.99. The summed E-state index contributed by atoms with van der Waals surface area (Å²) in [6.45, 7) is 6.62. The summed E-state index contributed by atoms with van der Waals surface area (Å²) in [7, 11) is 1.68. The topological polar surface area (TPSA) is 101 Å². The van der Waals surface area contributed by atoms with Crippen molar-refractivity contribution < 1.29 is 4.79 Å². The predicted molar refractivity (Wildman–Crippen MR) is 118 cm³/mol. The van der Waals surface area contributed by atoms with Gasteiger partial charge in [0.15, 0.2) is 5.16 Å². The quantitative estimate of drug-likeness (QED) is 0.533. The molecule has 1 N–H and O–H groups in total. The number of benzene rings is 1. The minimum atomic E-state index is -0.418. The van der Waals surface area contributed by atoms with E-state index in [9.17, 15) is 4.79 Å². The first-order valence-corrected chi connectivity index (χ1v) is 11.3. The fraction of sp³-hybridized carbons (Fsp3) is 0.350. The molecule has 0 bridgehead atoms. The second-order valence-electron chi connectivity index (χ2n) is 6.64. The lowest BCUT2D eigenvalue weighted by atomic mass is 10.2. The van der Waals surface area contributed by atoms with Crippen LogP contribution >= 0.6 is 23.5 Å². The summed E-state index contributed by atoms with van der Waals surface area (Å²) in [6, 6.07) is 10.4. The van der Waals surface area contributed by atoms with Crippen LogP contribution in [0.3, 0.4) is 0 Å². The van der Waals surface area contributed by atoms with E-state index in [1.807, 2.05) is 17.6 Å². The predicted octanol–water partition coefficient (Wildman–Crippen LogP) is 3.62. The van der Waals surface area contributed by atoms with Gasteiger partial charge in [-0.05, 0) is 32.9 Å². The average molecular weight is 442 g/mol. The Labute approximate surface area is 184 Å². The van der Waals surface area contributed by atoms with Crippen molar-refractivity contribution in [2.45, 2.75) is 48.4 Å². The largest absolute Gasteiger partial charge is 0.309 e. The number of aromatic nitrogens is 5. The van der Waals surface area contributed by atoms with Gasteiger partial charge in [-0.1, -0.05) is 29.5 Å². The van der Waals surface area contributed by atoms with Crippen molar-refractivity contribution in [3.63, 3.8) is 0 Å². The van der Waals surface area contributed by atoms with E-state index in [2.05, 4.69) is 51.8 Å². The Kier molecular flexibility index (Phi) is 7.18. The van der Waals surface area contributed by atoms with Gasteiger partial charge in [0.1, 0.15) is 23.3 Å². The normalized spacial score (nSPS) is 11.8. The van der Waals surface area contributed by atoms with Crippen LogP contribution in [0.25, 0.3) is 0 Å². The molecule has 1 unspecified atom stereocenters. The summed E-state index contributed by atoms with van der Waals surface area (Å²) in [5, 5.41) is 24.9. The average Bonchev–Trinajstić information content (AvgIpc) is 3.30. The highest BCUT2D eigenvalue weighted by atomic mass is 32.2. The zero-order chi connectivity index (χ0) is 21.7. The summed E-state index contributed by atoms with van der Waals surface area (Å²) >= 11 is 3.05. The Morgan fingerprint density at radius 1 is 1.30 bits per heavy atom. The van der Waals surface area contributed by atoms with Crippen LogP contribution in [0.4, 0.5) is 5.82 Å². The Morgan fingerprint density at radius 2 is 2.03 bits per heavy atom. The number of carbonyl (C=O) groups excluding carboxylic acids is 1. The number of carbonyl (C=O) groups is 1. The van der Waals surface area contributed by atoms with E-state index in [-0.39, 0.29) is 5.91 Å². The molecule has 30 heavy (non-hydrogen) atoms. The van der Waals surface area contributed by atoms with Crippen molar-refractivity contribution in [3.8, 4) is 6.07 Å². The van der Waals surface area contributed by atoms with E-state index in [1.54, 1.807) is 25.7 Å². The van der Waals surface area contributed by atoms with Gasteiger partial charge >= 0.3 is 0 Å². The van der Waals surface area contributed by atoms with Gasteiger partial charge in [0.25, 0.3) is 0 Å². The first-order valence-electron chi connectivity index (χ1n) is 9.44. The molecule has 0 saturated carbocycles. The van der Waals surface area contributed by atoms with Crippen molar-refractivity contribution in [1.82, 2.24) is 24.5 Å². The van der Waals surface area contributed by atoms with Crippen molar-refractivity contribution in [2.24, 2.45) is 7.05 Å². The minimum absolute atomic E-state index is 0.221. The SMILES string of the molecule is CCn1c(CSc2ccc(C)cc2)nnc1SC(C)C(=O)Nc1c(C#N)cnn1C. The maximum Gasteiger partial charge on any atom is 0.238 e. The van der Waals surface area contributed by atoms with E-state index in [0.717, 1.165) is 5.82 Å². The Morgan fingerprint density at radius 3 is 2.70 bits per heavy atom. The third kappa shape index (κ3) is 5.04. The minimum Gasteiger partial charge on any atom is -0.309 e. The van der Waals surface area contributed by atoms with Crippen LogP contribution in [-0.4, -0.2) is 35.7 Å². The van der Waals surface area contributed by atoms with Gasteiger partial charge in [0, 0.05) is 18.5 Å². The third-order valence-corrected chi connectivity index (χ3v) is 6.54. The zero-order valence-electron chi connectivity index (χ0n) is 17.3. The van der Waals surface area contributed by atoms with Crippen LogP contribution in [0.2, 0.25) is 0 Å². The number of hydrogen-bond donors (Lipinski definition) is 1. The molecule has 156 valence electrons. The Balaban J connectivity index is 1.65. The van der Waals surface area contributed by atoms with Crippen molar-refractivity contribution in [1.29, 1.82) is 5.26 Å². The van der Waals surface area contributed by atoms with E-state index in [4.69, 9.17) is 5.26 Å². The molecule has 10 heteroatoms. The molecule has 2 aromatic heterocycles. The van der Waals surface area contributed by atoms with Crippen LogP contribution in [0.15, 0.2) is 40.5 Å². The molecule has 0 aliphatic heterocycles. The highest BCUT2D eigenvalue weighted by Crippen LogP contribution is 2.27. The Bertz CT molecular complexity index is 1070. The van der Waals surface area contributed by atoms with Crippen molar-refractivity contribution >= 4 is 35.2 Å². The van der Waals surface area contributed by atoms with Crippen LogP contribution in [0.5, 0.6) is 0 Å². The molecule has 0 aliphatic rings.